The molecule has 0 radical (unpaired) electrons. The van der Waals surface area contributed by atoms with Crippen molar-refractivity contribution < 1.29 is 9.53 Å². The SMILES string of the molecule is CCCNC(CCN(C)C1CCCN(C)C1)C(=O)OCC. The third kappa shape index (κ3) is 6.76. The molecule has 21 heavy (non-hydrogen) atoms. The van der Waals surface area contributed by atoms with E-state index in [0.29, 0.717) is 12.6 Å². The van der Waals surface area contributed by atoms with Crippen LogP contribution in [-0.4, -0.2) is 74.7 Å². The molecule has 1 heterocycles. The predicted molar refractivity (Wildman–Crippen MR) is 86.5 cm³/mol. The lowest BCUT2D eigenvalue weighted by molar-refractivity contribution is -0.146. The summed E-state index contributed by atoms with van der Waals surface area (Å²) in [5.41, 5.74) is 0. The zero-order valence-electron chi connectivity index (χ0n) is 14.2. The summed E-state index contributed by atoms with van der Waals surface area (Å²) in [6.07, 6.45) is 4.36. The van der Waals surface area contributed by atoms with E-state index >= 15 is 0 Å². The van der Waals surface area contributed by atoms with Crippen molar-refractivity contribution in [3.63, 3.8) is 0 Å². The number of likely N-dealkylation sites (tertiary alicyclic amines) is 1. The summed E-state index contributed by atoms with van der Waals surface area (Å²) in [4.78, 5) is 16.8. The fraction of sp³-hybridized carbons (Fsp3) is 0.938. The quantitative estimate of drug-likeness (QED) is 0.651. The second kappa shape index (κ2) is 10.1. The van der Waals surface area contributed by atoms with Crippen molar-refractivity contribution in [2.45, 2.75) is 51.6 Å². The van der Waals surface area contributed by atoms with E-state index in [2.05, 4.69) is 36.1 Å². The van der Waals surface area contributed by atoms with Gasteiger partial charge in [0.05, 0.1) is 6.61 Å². The molecule has 0 aromatic heterocycles. The van der Waals surface area contributed by atoms with Crippen molar-refractivity contribution in [3.8, 4) is 0 Å². The van der Waals surface area contributed by atoms with Crippen LogP contribution < -0.4 is 5.32 Å². The molecular formula is C16H33N3O2. The van der Waals surface area contributed by atoms with E-state index in [0.717, 1.165) is 32.5 Å². The Morgan fingerprint density at radius 1 is 1.48 bits per heavy atom. The number of hydrogen-bond donors (Lipinski definition) is 1. The van der Waals surface area contributed by atoms with Crippen LogP contribution in [0.25, 0.3) is 0 Å². The maximum Gasteiger partial charge on any atom is 0.323 e. The van der Waals surface area contributed by atoms with Gasteiger partial charge in [0.15, 0.2) is 0 Å². The number of carbonyl (C=O) groups excluding carboxylic acids is 1. The van der Waals surface area contributed by atoms with Crippen molar-refractivity contribution >= 4 is 5.97 Å². The van der Waals surface area contributed by atoms with Crippen molar-refractivity contribution in [2.24, 2.45) is 0 Å². The first kappa shape index (κ1) is 18.4. The molecule has 1 aliphatic rings. The Balaban J connectivity index is 2.41. The van der Waals surface area contributed by atoms with Crippen molar-refractivity contribution in [1.29, 1.82) is 0 Å². The largest absolute Gasteiger partial charge is 0.465 e. The van der Waals surface area contributed by atoms with Gasteiger partial charge in [-0.3, -0.25) is 4.79 Å². The summed E-state index contributed by atoms with van der Waals surface area (Å²) in [6, 6.07) is 0.437. The first-order valence-corrected chi connectivity index (χ1v) is 8.37. The molecule has 0 aromatic rings. The van der Waals surface area contributed by atoms with Gasteiger partial charge in [0.25, 0.3) is 0 Å². The van der Waals surface area contributed by atoms with Crippen LogP contribution in [0, 0.1) is 0 Å². The maximum atomic E-state index is 12.0. The Morgan fingerprint density at radius 3 is 2.86 bits per heavy atom. The summed E-state index contributed by atoms with van der Waals surface area (Å²) < 4.78 is 5.17. The van der Waals surface area contributed by atoms with Gasteiger partial charge in [0.2, 0.25) is 0 Å². The summed E-state index contributed by atoms with van der Waals surface area (Å²) >= 11 is 0. The number of nitrogens with one attached hydrogen (secondary N) is 1. The maximum absolute atomic E-state index is 12.0. The second-order valence-corrected chi connectivity index (χ2v) is 6.09. The third-order valence-electron chi connectivity index (χ3n) is 4.21. The molecule has 1 aliphatic heterocycles. The molecule has 0 bridgehead atoms. The third-order valence-corrected chi connectivity index (χ3v) is 4.21. The molecular weight excluding hydrogens is 266 g/mol. The lowest BCUT2D eigenvalue weighted by Crippen LogP contribution is -2.47. The van der Waals surface area contributed by atoms with E-state index in [-0.39, 0.29) is 12.0 Å². The Hall–Kier alpha value is -0.650. The fourth-order valence-electron chi connectivity index (χ4n) is 2.88. The number of nitrogens with zero attached hydrogens (tertiary/aromatic N) is 2. The molecule has 2 unspecified atom stereocenters. The van der Waals surface area contributed by atoms with E-state index < -0.39 is 0 Å². The molecule has 1 N–H and O–H groups in total. The van der Waals surface area contributed by atoms with Gasteiger partial charge in [-0.2, -0.15) is 0 Å². The predicted octanol–water partition coefficient (Wildman–Crippen LogP) is 1.33. The molecule has 1 fully saturated rings. The van der Waals surface area contributed by atoms with E-state index in [9.17, 15) is 4.79 Å². The number of hydrogen-bond acceptors (Lipinski definition) is 5. The minimum atomic E-state index is -0.173. The van der Waals surface area contributed by atoms with Crippen LogP contribution in [0.4, 0.5) is 0 Å². The topological polar surface area (TPSA) is 44.8 Å². The summed E-state index contributed by atoms with van der Waals surface area (Å²) in [6.45, 7) is 8.54. The van der Waals surface area contributed by atoms with Crippen molar-refractivity contribution in [2.75, 3.05) is 46.9 Å². The molecule has 5 heteroatoms. The monoisotopic (exact) mass is 299 g/mol. The highest BCUT2D eigenvalue weighted by Crippen LogP contribution is 2.14. The molecule has 5 nitrogen and oxygen atoms in total. The van der Waals surface area contributed by atoms with Crippen LogP contribution in [0.5, 0.6) is 0 Å². The standard InChI is InChI=1S/C16H33N3O2/c1-5-10-17-15(16(20)21-6-2)9-12-19(4)14-8-7-11-18(3)13-14/h14-15,17H,5-13H2,1-4H3. The van der Waals surface area contributed by atoms with Gasteiger partial charge < -0.3 is 19.9 Å². The number of esters is 1. The van der Waals surface area contributed by atoms with Gasteiger partial charge in [-0.15, -0.1) is 0 Å². The van der Waals surface area contributed by atoms with Gasteiger partial charge in [0.1, 0.15) is 6.04 Å². The van der Waals surface area contributed by atoms with Gasteiger partial charge in [-0.1, -0.05) is 6.92 Å². The summed E-state index contributed by atoms with van der Waals surface area (Å²) in [7, 11) is 4.36. The smallest absolute Gasteiger partial charge is 0.323 e. The molecule has 124 valence electrons. The molecule has 0 spiro atoms. The number of ether oxygens (including phenoxy) is 1. The second-order valence-electron chi connectivity index (χ2n) is 6.09. The normalized spacial score (nSPS) is 21.5. The molecule has 0 aliphatic carbocycles. The molecule has 0 saturated carbocycles. The van der Waals surface area contributed by atoms with Crippen LogP contribution in [0.2, 0.25) is 0 Å². The van der Waals surface area contributed by atoms with Crippen molar-refractivity contribution in [1.82, 2.24) is 15.1 Å². The van der Waals surface area contributed by atoms with Crippen molar-refractivity contribution in [3.05, 3.63) is 0 Å². The number of likely N-dealkylation sites (N-methyl/N-ethyl adjacent to an activating group) is 2. The lowest BCUT2D eigenvalue weighted by atomic mass is 10.0. The highest BCUT2D eigenvalue weighted by molar-refractivity contribution is 5.75. The van der Waals surface area contributed by atoms with E-state index in [1.165, 1.54) is 19.4 Å². The first-order valence-electron chi connectivity index (χ1n) is 8.37. The minimum absolute atomic E-state index is 0.111. The lowest BCUT2D eigenvalue weighted by Gasteiger charge is -2.36. The molecule has 2 atom stereocenters. The van der Waals surface area contributed by atoms with E-state index in [4.69, 9.17) is 4.74 Å². The van der Waals surface area contributed by atoms with Gasteiger partial charge in [-0.05, 0) is 59.8 Å². The average molecular weight is 299 g/mol. The molecule has 1 saturated heterocycles. The summed E-state index contributed by atoms with van der Waals surface area (Å²) in [5, 5.41) is 3.31. The highest BCUT2D eigenvalue weighted by atomic mass is 16.5. The van der Waals surface area contributed by atoms with Gasteiger partial charge in [0, 0.05) is 19.1 Å². The zero-order valence-corrected chi connectivity index (χ0v) is 14.2. The highest BCUT2D eigenvalue weighted by Gasteiger charge is 2.24. The van der Waals surface area contributed by atoms with E-state index in [1.54, 1.807) is 0 Å². The fourth-order valence-corrected chi connectivity index (χ4v) is 2.88. The molecule has 1 rings (SSSR count). The minimum Gasteiger partial charge on any atom is -0.465 e. The zero-order chi connectivity index (χ0) is 15.7. The summed E-state index contributed by atoms with van der Waals surface area (Å²) in [5.74, 6) is -0.111. The Kier molecular flexibility index (Phi) is 8.88. The van der Waals surface area contributed by atoms with Crippen LogP contribution in [0.1, 0.15) is 39.5 Å². The van der Waals surface area contributed by atoms with Gasteiger partial charge in [-0.25, -0.2) is 0 Å². The van der Waals surface area contributed by atoms with Crippen LogP contribution in [0.15, 0.2) is 0 Å². The Morgan fingerprint density at radius 2 is 2.24 bits per heavy atom. The van der Waals surface area contributed by atoms with E-state index in [1.807, 2.05) is 6.92 Å². The first-order chi connectivity index (χ1) is 10.1. The number of piperidine rings is 1. The Bertz CT molecular complexity index is 299. The van der Waals surface area contributed by atoms with Crippen LogP contribution in [0.3, 0.4) is 0 Å². The molecule has 0 aromatic carbocycles. The molecule has 0 amide bonds. The average Bonchev–Trinajstić information content (AvgIpc) is 2.47. The van der Waals surface area contributed by atoms with Gasteiger partial charge >= 0.3 is 5.97 Å². The van der Waals surface area contributed by atoms with Crippen LogP contribution >= 0.6 is 0 Å². The Labute approximate surface area is 130 Å². The van der Waals surface area contributed by atoms with Crippen LogP contribution in [-0.2, 0) is 9.53 Å². The number of carbonyl (C=O) groups is 1. The number of rotatable bonds is 9.